The number of hydrazine groups is 1. The van der Waals surface area contributed by atoms with Gasteiger partial charge in [0.1, 0.15) is 0 Å². The lowest BCUT2D eigenvalue weighted by atomic mass is 10.2. The summed E-state index contributed by atoms with van der Waals surface area (Å²) in [5.74, 6) is 5.53. The quantitative estimate of drug-likeness (QED) is 0.414. The lowest BCUT2D eigenvalue weighted by molar-refractivity contribution is 0.0659. The molecule has 0 saturated carbocycles. The number of aryl methyl sites for hydroxylation is 1. The lowest BCUT2D eigenvalue weighted by Crippen LogP contribution is -2.28. The molecule has 0 aliphatic heterocycles. The van der Waals surface area contributed by atoms with Crippen LogP contribution in [0.25, 0.3) is 0 Å². The minimum absolute atomic E-state index is 0.182. The number of methoxy groups -OCH3 is 1. The predicted octanol–water partition coefficient (Wildman–Crippen LogP) is 1.61. The third kappa shape index (κ3) is 4.59. The normalized spacial score (nSPS) is 12.9. The summed E-state index contributed by atoms with van der Waals surface area (Å²) in [7, 11) is 1.67. The van der Waals surface area contributed by atoms with Gasteiger partial charge in [0.05, 0.1) is 19.3 Å². The summed E-state index contributed by atoms with van der Waals surface area (Å²) in [6.45, 7) is 4.06. The highest BCUT2D eigenvalue weighted by molar-refractivity contribution is 7.12. The van der Waals surface area contributed by atoms with E-state index in [4.69, 9.17) is 15.3 Å². The zero-order valence-corrected chi connectivity index (χ0v) is 10.7. The average Bonchev–Trinajstić information content (AvgIpc) is 2.70. The Labute approximate surface area is 101 Å². The van der Waals surface area contributed by atoms with Gasteiger partial charge in [0, 0.05) is 23.5 Å². The van der Waals surface area contributed by atoms with E-state index in [0.717, 1.165) is 6.42 Å². The van der Waals surface area contributed by atoms with Crippen LogP contribution in [0.5, 0.6) is 0 Å². The Balaban J connectivity index is 2.27. The van der Waals surface area contributed by atoms with Crippen LogP contribution < -0.4 is 11.3 Å². The van der Waals surface area contributed by atoms with Crippen LogP contribution in [0.1, 0.15) is 22.2 Å². The molecule has 1 unspecified atom stereocenters. The molecular formula is C11H20N2O2S. The SMILES string of the molecule is COCCOCCC(NN)c1ccc(C)s1. The maximum Gasteiger partial charge on any atom is 0.0700 e. The molecule has 3 N–H and O–H groups in total. The molecule has 0 spiro atoms. The number of thiophene rings is 1. The second kappa shape index (κ2) is 7.76. The molecule has 1 atom stereocenters. The molecule has 0 saturated heterocycles. The zero-order chi connectivity index (χ0) is 11.8. The van der Waals surface area contributed by atoms with Gasteiger partial charge < -0.3 is 9.47 Å². The highest BCUT2D eigenvalue weighted by atomic mass is 32.1. The largest absolute Gasteiger partial charge is 0.382 e. The summed E-state index contributed by atoms with van der Waals surface area (Å²) in [6, 6.07) is 4.40. The van der Waals surface area contributed by atoms with E-state index in [1.807, 2.05) is 0 Å². The van der Waals surface area contributed by atoms with Crippen molar-refractivity contribution in [2.45, 2.75) is 19.4 Å². The maximum absolute atomic E-state index is 5.53. The number of ether oxygens (including phenoxy) is 2. The molecule has 5 heteroatoms. The van der Waals surface area contributed by atoms with Gasteiger partial charge in [-0.1, -0.05) is 0 Å². The standard InChI is InChI=1S/C11H20N2O2S/c1-9-3-4-11(16-9)10(13-12)5-6-15-8-7-14-2/h3-4,10,13H,5-8,12H2,1-2H3. The Morgan fingerprint density at radius 1 is 1.38 bits per heavy atom. The molecule has 0 aliphatic rings. The van der Waals surface area contributed by atoms with Crippen molar-refractivity contribution in [2.75, 3.05) is 26.9 Å². The second-order valence-corrected chi connectivity index (χ2v) is 4.88. The molecular weight excluding hydrogens is 224 g/mol. The Bertz CT molecular complexity index is 291. The summed E-state index contributed by atoms with van der Waals surface area (Å²) in [5.41, 5.74) is 2.82. The molecule has 1 aromatic heterocycles. The molecule has 1 rings (SSSR count). The van der Waals surface area contributed by atoms with Crippen LogP contribution in [0.4, 0.5) is 0 Å². The fourth-order valence-electron chi connectivity index (χ4n) is 1.39. The fraction of sp³-hybridized carbons (Fsp3) is 0.636. The summed E-state index contributed by atoms with van der Waals surface area (Å²) < 4.78 is 10.3. The van der Waals surface area contributed by atoms with E-state index >= 15 is 0 Å². The van der Waals surface area contributed by atoms with Crippen molar-refractivity contribution in [3.8, 4) is 0 Å². The first-order chi connectivity index (χ1) is 7.77. The van der Waals surface area contributed by atoms with Crippen molar-refractivity contribution < 1.29 is 9.47 Å². The molecule has 16 heavy (non-hydrogen) atoms. The third-order valence-electron chi connectivity index (χ3n) is 2.29. The van der Waals surface area contributed by atoms with Crippen LogP contribution in [0, 0.1) is 6.92 Å². The summed E-state index contributed by atoms with van der Waals surface area (Å²) in [5, 5.41) is 0. The fourth-order valence-corrected chi connectivity index (χ4v) is 2.37. The van der Waals surface area contributed by atoms with E-state index in [9.17, 15) is 0 Å². The van der Waals surface area contributed by atoms with E-state index < -0.39 is 0 Å². The van der Waals surface area contributed by atoms with Gasteiger partial charge in [-0.3, -0.25) is 11.3 Å². The van der Waals surface area contributed by atoms with Gasteiger partial charge in [0.15, 0.2) is 0 Å². The van der Waals surface area contributed by atoms with Crippen molar-refractivity contribution >= 4 is 11.3 Å². The van der Waals surface area contributed by atoms with Crippen LogP contribution in [0.15, 0.2) is 12.1 Å². The summed E-state index contributed by atoms with van der Waals surface area (Å²) >= 11 is 1.77. The molecule has 1 heterocycles. The first kappa shape index (κ1) is 13.6. The van der Waals surface area contributed by atoms with Crippen molar-refractivity contribution in [1.82, 2.24) is 5.43 Å². The average molecular weight is 244 g/mol. The van der Waals surface area contributed by atoms with Crippen molar-refractivity contribution in [3.63, 3.8) is 0 Å². The number of rotatable bonds is 8. The summed E-state index contributed by atoms with van der Waals surface area (Å²) in [4.78, 5) is 2.56. The van der Waals surface area contributed by atoms with Gasteiger partial charge in [-0.2, -0.15) is 0 Å². The van der Waals surface area contributed by atoms with E-state index in [-0.39, 0.29) is 6.04 Å². The number of hydrogen-bond donors (Lipinski definition) is 2. The van der Waals surface area contributed by atoms with Gasteiger partial charge in [-0.25, -0.2) is 0 Å². The van der Waals surface area contributed by atoms with Crippen molar-refractivity contribution in [2.24, 2.45) is 5.84 Å². The molecule has 0 aromatic carbocycles. The first-order valence-corrected chi connectivity index (χ1v) is 6.18. The van der Waals surface area contributed by atoms with Crippen LogP contribution in [0.2, 0.25) is 0 Å². The Kier molecular flexibility index (Phi) is 6.59. The lowest BCUT2D eigenvalue weighted by Gasteiger charge is -2.14. The third-order valence-corrected chi connectivity index (χ3v) is 3.40. The molecule has 0 aliphatic carbocycles. The van der Waals surface area contributed by atoms with Gasteiger partial charge in [-0.05, 0) is 25.5 Å². The smallest absolute Gasteiger partial charge is 0.0700 e. The number of hydrogen-bond acceptors (Lipinski definition) is 5. The molecule has 0 fully saturated rings. The molecule has 92 valence electrons. The zero-order valence-electron chi connectivity index (χ0n) is 9.86. The van der Waals surface area contributed by atoms with Crippen LogP contribution in [-0.4, -0.2) is 26.9 Å². The number of nitrogens with one attached hydrogen (secondary N) is 1. The van der Waals surface area contributed by atoms with E-state index in [1.54, 1.807) is 18.4 Å². The molecule has 1 aromatic rings. The van der Waals surface area contributed by atoms with Gasteiger partial charge >= 0.3 is 0 Å². The van der Waals surface area contributed by atoms with Gasteiger partial charge in [0.25, 0.3) is 0 Å². The molecule has 0 radical (unpaired) electrons. The topological polar surface area (TPSA) is 56.5 Å². The highest BCUT2D eigenvalue weighted by Gasteiger charge is 2.11. The highest BCUT2D eigenvalue weighted by Crippen LogP contribution is 2.24. The monoisotopic (exact) mass is 244 g/mol. The van der Waals surface area contributed by atoms with Crippen LogP contribution in [-0.2, 0) is 9.47 Å². The van der Waals surface area contributed by atoms with Gasteiger partial charge in [-0.15, -0.1) is 11.3 Å². The Hall–Kier alpha value is -0.460. The van der Waals surface area contributed by atoms with Crippen molar-refractivity contribution in [1.29, 1.82) is 0 Å². The molecule has 4 nitrogen and oxygen atoms in total. The number of nitrogens with two attached hydrogens (primary N) is 1. The molecule has 0 bridgehead atoms. The van der Waals surface area contributed by atoms with Crippen LogP contribution >= 0.6 is 11.3 Å². The minimum Gasteiger partial charge on any atom is -0.382 e. The van der Waals surface area contributed by atoms with E-state index in [1.165, 1.54) is 9.75 Å². The first-order valence-electron chi connectivity index (χ1n) is 5.37. The van der Waals surface area contributed by atoms with E-state index in [0.29, 0.717) is 19.8 Å². The van der Waals surface area contributed by atoms with Gasteiger partial charge in [0.2, 0.25) is 0 Å². The minimum atomic E-state index is 0.182. The Morgan fingerprint density at radius 2 is 2.19 bits per heavy atom. The van der Waals surface area contributed by atoms with Crippen molar-refractivity contribution in [3.05, 3.63) is 21.9 Å². The summed E-state index contributed by atoms with van der Waals surface area (Å²) in [6.07, 6.45) is 0.875. The second-order valence-electron chi connectivity index (χ2n) is 3.56. The Morgan fingerprint density at radius 3 is 2.75 bits per heavy atom. The van der Waals surface area contributed by atoms with E-state index in [2.05, 4.69) is 24.5 Å². The molecule has 0 amide bonds. The maximum atomic E-state index is 5.53. The van der Waals surface area contributed by atoms with Crippen LogP contribution in [0.3, 0.4) is 0 Å². The predicted molar refractivity (Wildman–Crippen MR) is 66.4 cm³/mol.